The predicted molar refractivity (Wildman–Crippen MR) is 76.0 cm³/mol. The number of fused-ring (bicyclic) bond motifs is 1. The molecule has 0 radical (unpaired) electrons. The van der Waals surface area contributed by atoms with Gasteiger partial charge in [0.1, 0.15) is 5.75 Å². The van der Waals surface area contributed by atoms with Gasteiger partial charge in [0.2, 0.25) is 0 Å². The number of benzene rings is 1. The molecule has 1 aliphatic heterocycles. The van der Waals surface area contributed by atoms with Crippen LogP contribution in [-0.4, -0.2) is 24.4 Å². The molecule has 3 nitrogen and oxygen atoms in total. The third-order valence-electron chi connectivity index (χ3n) is 3.14. The summed E-state index contributed by atoms with van der Waals surface area (Å²) in [5.74, 6) is 1.02. The standard InChI is InChI=1S/C14H20BrNO2/c1-2-3-13(17)9-16-8-11-7-12(15)6-10-4-5-18-14(10)11/h6-7,13,16-17H,2-5,8-9H2,1H3. The van der Waals surface area contributed by atoms with Gasteiger partial charge < -0.3 is 15.2 Å². The zero-order valence-electron chi connectivity index (χ0n) is 10.7. The quantitative estimate of drug-likeness (QED) is 0.848. The Labute approximate surface area is 117 Å². The van der Waals surface area contributed by atoms with Gasteiger partial charge in [-0.3, -0.25) is 0 Å². The van der Waals surface area contributed by atoms with Crippen LogP contribution in [0.15, 0.2) is 16.6 Å². The Balaban J connectivity index is 1.93. The normalized spacial score (nSPS) is 15.3. The first kappa shape index (κ1) is 13.8. The lowest BCUT2D eigenvalue weighted by atomic mass is 10.1. The average Bonchev–Trinajstić information content (AvgIpc) is 2.77. The number of nitrogens with one attached hydrogen (secondary N) is 1. The summed E-state index contributed by atoms with van der Waals surface area (Å²) in [5, 5.41) is 13.0. The maximum Gasteiger partial charge on any atom is 0.127 e. The predicted octanol–water partition coefficient (Wildman–Crippen LogP) is 2.63. The molecule has 1 atom stereocenters. The fourth-order valence-electron chi connectivity index (χ4n) is 2.29. The molecule has 0 bridgehead atoms. The third kappa shape index (κ3) is 3.46. The second-order valence-electron chi connectivity index (χ2n) is 4.73. The summed E-state index contributed by atoms with van der Waals surface area (Å²) in [7, 11) is 0. The van der Waals surface area contributed by atoms with Crippen LogP contribution in [0.3, 0.4) is 0 Å². The highest BCUT2D eigenvalue weighted by Gasteiger charge is 2.17. The molecule has 1 unspecified atom stereocenters. The van der Waals surface area contributed by atoms with E-state index in [2.05, 4.69) is 40.3 Å². The van der Waals surface area contributed by atoms with Crippen molar-refractivity contribution in [3.63, 3.8) is 0 Å². The summed E-state index contributed by atoms with van der Waals surface area (Å²) in [5.41, 5.74) is 2.44. The minimum atomic E-state index is -0.254. The lowest BCUT2D eigenvalue weighted by Gasteiger charge is -2.13. The average molecular weight is 314 g/mol. The van der Waals surface area contributed by atoms with Crippen LogP contribution in [-0.2, 0) is 13.0 Å². The van der Waals surface area contributed by atoms with Crippen LogP contribution in [0.5, 0.6) is 5.75 Å². The highest BCUT2D eigenvalue weighted by atomic mass is 79.9. The van der Waals surface area contributed by atoms with Gasteiger partial charge in [-0.25, -0.2) is 0 Å². The van der Waals surface area contributed by atoms with Gasteiger partial charge in [0.05, 0.1) is 12.7 Å². The van der Waals surface area contributed by atoms with E-state index in [0.29, 0.717) is 6.54 Å². The van der Waals surface area contributed by atoms with Crippen molar-refractivity contribution in [1.29, 1.82) is 0 Å². The molecule has 1 aromatic carbocycles. The Kier molecular flexibility index (Phi) is 5.03. The highest BCUT2D eigenvalue weighted by molar-refractivity contribution is 9.10. The van der Waals surface area contributed by atoms with E-state index in [1.165, 1.54) is 11.1 Å². The summed E-state index contributed by atoms with van der Waals surface area (Å²) in [6.45, 7) is 4.23. The van der Waals surface area contributed by atoms with Gasteiger partial charge in [-0.1, -0.05) is 29.3 Å². The van der Waals surface area contributed by atoms with Crippen molar-refractivity contribution in [3.05, 3.63) is 27.7 Å². The Hall–Kier alpha value is -0.580. The van der Waals surface area contributed by atoms with Crippen molar-refractivity contribution < 1.29 is 9.84 Å². The van der Waals surface area contributed by atoms with Crippen LogP contribution >= 0.6 is 15.9 Å². The zero-order valence-corrected chi connectivity index (χ0v) is 12.3. The second-order valence-corrected chi connectivity index (χ2v) is 5.64. The van der Waals surface area contributed by atoms with Gasteiger partial charge in [0, 0.05) is 29.5 Å². The number of aliphatic hydroxyl groups is 1. The van der Waals surface area contributed by atoms with Gasteiger partial charge in [-0.05, 0) is 24.1 Å². The van der Waals surface area contributed by atoms with E-state index in [4.69, 9.17) is 4.74 Å². The van der Waals surface area contributed by atoms with Gasteiger partial charge >= 0.3 is 0 Å². The van der Waals surface area contributed by atoms with Crippen LogP contribution < -0.4 is 10.1 Å². The topological polar surface area (TPSA) is 41.5 Å². The Morgan fingerprint density at radius 2 is 2.33 bits per heavy atom. The molecule has 1 heterocycles. The van der Waals surface area contributed by atoms with E-state index < -0.39 is 0 Å². The number of aliphatic hydroxyl groups excluding tert-OH is 1. The molecule has 2 N–H and O–H groups in total. The van der Waals surface area contributed by atoms with Crippen LogP contribution in [0.1, 0.15) is 30.9 Å². The summed E-state index contributed by atoms with van der Waals surface area (Å²) in [6, 6.07) is 4.21. The van der Waals surface area contributed by atoms with Crippen molar-refractivity contribution in [2.24, 2.45) is 0 Å². The zero-order chi connectivity index (χ0) is 13.0. The first-order valence-electron chi connectivity index (χ1n) is 6.53. The van der Waals surface area contributed by atoms with Gasteiger partial charge in [-0.15, -0.1) is 0 Å². The molecule has 1 aromatic rings. The largest absolute Gasteiger partial charge is 0.493 e. The van der Waals surface area contributed by atoms with E-state index in [0.717, 1.165) is 42.6 Å². The molecular weight excluding hydrogens is 294 g/mol. The van der Waals surface area contributed by atoms with Crippen LogP contribution in [0.25, 0.3) is 0 Å². The molecular formula is C14H20BrNO2. The molecule has 1 aliphatic rings. The first-order valence-corrected chi connectivity index (χ1v) is 7.33. The van der Waals surface area contributed by atoms with E-state index >= 15 is 0 Å². The third-order valence-corrected chi connectivity index (χ3v) is 3.60. The van der Waals surface area contributed by atoms with E-state index in [1.54, 1.807) is 0 Å². The van der Waals surface area contributed by atoms with E-state index in [9.17, 15) is 5.11 Å². The minimum absolute atomic E-state index is 0.254. The van der Waals surface area contributed by atoms with E-state index in [-0.39, 0.29) is 6.10 Å². The Bertz CT molecular complexity index is 409. The summed E-state index contributed by atoms with van der Waals surface area (Å²) in [6.07, 6.45) is 2.59. The molecule has 0 saturated heterocycles. The number of ether oxygens (including phenoxy) is 1. The van der Waals surface area contributed by atoms with Crippen molar-refractivity contribution in [1.82, 2.24) is 5.32 Å². The molecule has 18 heavy (non-hydrogen) atoms. The summed E-state index contributed by atoms with van der Waals surface area (Å²) in [4.78, 5) is 0. The van der Waals surface area contributed by atoms with Gasteiger partial charge in [0.25, 0.3) is 0 Å². The molecule has 0 spiro atoms. The highest BCUT2D eigenvalue weighted by Crippen LogP contribution is 2.32. The number of halogens is 1. The van der Waals surface area contributed by atoms with Crippen LogP contribution in [0.2, 0.25) is 0 Å². The molecule has 0 aromatic heterocycles. The summed E-state index contributed by atoms with van der Waals surface area (Å²) >= 11 is 3.53. The molecule has 4 heteroatoms. The Morgan fingerprint density at radius 1 is 1.50 bits per heavy atom. The SMILES string of the molecule is CCCC(O)CNCc1cc(Br)cc2c1OCC2. The number of hydrogen-bond acceptors (Lipinski definition) is 3. The summed E-state index contributed by atoms with van der Waals surface area (Å²) < 4.78 is 6.76. The fourth-order valence-corrected chi connectivity index (χ4v) is 2.84. The first-order chi connectivity index (χ1) is 8.70. The molecule has 100 valence electrons. The van der Waals surface area contributed by atoms with Crippen LogP contribution in [0, 0.1) is 0 Å². The van der Waals surface area contributed by atoms with Crippen molar-refractivity contribution in [2.75, 3.05) is 13.2 Å². The molecule has 0 amide bonds. The van der Waals surface area contributed by atoms with E-state index in [1.807, 2.05) is 0 Å². The number of hydrogen-bond donors (Lipinski definition) is 2. The second kappa shape index (κ2) is 6.55. The smallest absolute Gasteiger partial charge is 0.127 e. The van der Waals surface area contributed by atoms with Crippen molar-refractivity contribution in [2.45, 2.75) is 38.8 Å². The lowest BCUT2D eigenvalue weighted by molar-refractivity contribution is 0.160. The fraction of sp³-hybridized carbons (Fsp3) is 0.571. The van der Waals surface area contributed by atoms with Gasteiger partial charge in [0.15, 0.2) is 0 Å². The Morgan fingerprint density at radius 3 is 3.11 bits per heavy atom. The lowest BCUT2D eigenvalue weighted by Crippen LogP contribution is -2.26. The molecule has 0 saturated carbocycles. The minimum Gasteiger partial charge on any atom is -0.493 e. The maximum atomic E-state index is 9.67. The van der Waals surface area contributed by atoms with Crippen molar-refractivity contribution >= 4 is 15.9 Å². The monoisotopic (exact) mass is 313 g/mol. The maximum absolute atomic E-state index is 9.67. The van der Waals surface area contributed by atoms with Crippen LogP contribution in [0.4, 0.5) is 0 Å². The molecule has 0 fully saturated rings. The van der Waals surface area contributed by atoms with Crippen molar-refractivity contribution in [3.8, 4) is 5.75 Å². The molecule has 2 rings (SSSR count). The van der Waals surface area contributed by atoms with Gasteiger partial charge in [-0.2, -0.15) is 0 Å². The molecule has 0 aliphatic carbocycles. The number of rotatable bonds is 6.